The molecule has 1 heterocycles. The Morgan fingerprint density at radius 1 is 1.27 bits per heavy atom. The summed E-state index contributed by atoms with van der Waals surface area (Å²) in [6.45, 7) is 4.16. The predicted molar refractivity (Wildman–Crippen MR) is 64.3 cm³/mol. The molecule has 2 rings (SSSR count). The summed E-state index contributed by atoms with van der Waals surface area (Å²) >= 11 is 0. The highest BCUT2D eigenvalue weighted by molar-refractivity contribution is 7.85. The molecule has 3 heteroatoms. The minimum Gasteiger partial charge on any atom is -0.305 e. The number of hydrogen-bond donors (Lipinski definition) is 1. The third-order valence-electron chi connectivity index (χ3n) is 2.92. The van der Waals surface area contributed by atoms with E-state index in [4.69, 9.17) is 0 Å². The minimum atomic E-state index is -0.708. The zero-order chi connectivity index (χ0) is 10.8. The van der Waals surface area contributed by atoms with E-state index in [-0.39, 0.29) is 11.3 Å². The van der Waals surface area contributed by atoms with E-state index in [1.165, 1.54) is 5.56 Å². The van der Waals surface area contributed by atoms with Crippen LogP contribution in [0.1, 0.15) is 25.5 Å². The predicted octanol–water partition coefficient (Wildman–Crippen LogP) is 1.86. The molecule has 0 aromatic heterocycles. The standard InChI is InChI=1S/C12H17NOS/c1-9-8-15(14)10(2)12(13-9)11-6-4-3-5-7-11/h3-7,9-10,12-13H,8H2,1-2H3. The molecule has 0 saturated carbocycles. The molecule has 0 radical (unpaired) electrons. The Morgan fingerprint density at radius 3 is 2.60 bits per heavy atom. The van der Waals surface area contributed by atoms with Gasteiger partial charge in [-0.3, -0.25) is 4.21 Å². The molecule has 1 N–H and O–H groups in total. The second-order valence-electron chi connectivity index (χ2n) is 4.21. The Kier molecular flexibility index (Phi) is 3.22. The molecule has 1 aromatic carbocycles. The molecule has 15 heavy (non-hydrogen) atoms. The molecule has 1 aliphatic heterocycles. The highest BCUT2D eigenvalue weighted by atomic mass is 32.2. The van der Waals surface area contributed by atoms with Gasteiger partial charge >= 0.3 is 0 Å². The zero-order valence-corrected chi connectivity index (χ0v) is 9.96. The third kappa shape index (κ3) is 2.29. The zero-order valence-electron chi connectivity index (χ0n) is 9.14. The van der Waals surface area contributed by atoms with Gasteiger partial charge in [0.2, 0.25) is 0 Å². The summed E-state index contributed by atoms with van der Waals surface area (Å²) in [5.74, 6) is 0.768. The van der Waals surface area contributed by atoms with Gasteiger partial charge in [-0.15, -0.1) is 0 Å². The van der Waals surface area contributed by atoms with Gasteiger partial charge in [-0.25, -0.2) is 0 Å². The summed E-state index contributed by atoms with van der Waals surface area (Å²) < 4.78 is 11.9. The molecule has 0 aliphatic carbocycles. The van der Waals surface area contributed by atoms with E-state index in [1.807, 2.05) is 18.2 Å². The lowest BCUT2D eigenvalue weighted by molar-refractivity contribution is 0.447. The monoisotopic (exact) mass is 223 g/mol. The van der Waals surface area contributed by atoms with Gasteiger partial charge in [0.25, 0.3) is 0 Å². The molecule has 0 bridgehead atoms. The molecule has 4 unspecified atom stereocenters. The molecule has 82 valence electrons. The maximum Gasteiger partial charge on any atom is 0.0515 e. The second kappa shape index (κ2) is 4.45. The van der Waals surface area contributed by atoms with Crippen LogP contribution < -0.4 is 5.32 Å². The van der Waals surface area contributed by atoms with Gasteiger partial charge in [-0.1, -0.05) is 30.3 Å². The van der Waals surface area contributed by atoms with Crippen LogP contribution in [0, 0.1) is 0 Å². The van der Waals surface area contributed by atoms with Crippen LogP contribution in [0.3, 0.4) is 0 Å². The van der Waals surface area contributed by atoms with Crippen molar-refractivity contribution in [3.8, 4) is 0 Å². The van der Waals surface area contributed by atoms with Crippen LogP contribution in [-0.4, -0.2) is 21.3 Å². The fourth-order valence-corrected chi connectivity index (χ4v) is 3.50. The lowest BCUT2D eigenvalue weighted by Crippen LogP contribution is -2.47. The largest absolute Gasteiger partial charge is 0.305 e. The van der Waals surface area contributed by atoms with Gasteiger partial charge in [0, 0.05) is 28.6 Å². The summed E-state index contributed by atoms with van der Waals surface area (Å²) in [7, 11) is -0.708. The smallest absolute Gasteiger partial charge is 0.0515 e. The molecule has 1 saturated heterocycles. The molecule has 1 aliphatic rings. The molecule has 1 fully saturated rings. The Morgan fingerprint density at radius 2 is 1.93 bits per heavy atom. The Bertz CT molecular complexity index is 352. The average Bonchev–Trinajstić information content (AvgIpc) is 2.24. The summed E-state index contributed by atoms with van der Waals surface area (Å²) in [5, 5.41) is 3.72. The quantitative estimate of drug-likeness (QED) is 0.787. The van der Waals surface area contributed by atoms with E-state index in [0.717, 1.165) is 5.75 Å². The average molecular weight is 223 g/mol. The van der Waals surface area contributed by atoms with Crippen LogP contribution >= 0.6 is 0 Å². The van der Waals surface area contributed by atoms with Gasteiger partial charge < -0.3 is 5.32 Å². The molecule has 0 amide bonds. The maximum absolute atomic E-state index is 11.9. The van der Waals surface area contributed by atoms with Crippen LogP contribution in [0.5, 0.6) is 0 Å². The molecular weight excluding hydrogens is 206 g/mol. The number of benzene rings is 1. The maximum atomic E-state index is 11.9. The van der Waals surface area contributed by atoms with E-state index in [1.54, 1.807) is 0 Å². The van der Waals surface area contributed by atoms with Crippen molar-refractivity contribution in [1.82, 2.24) is 5.32 Å². The highest BCUT2D eigenvalue weighted by Gasteiger charge is 2.31. The third-order valence-corrected chi connectivity index (χ3v) is 4.85. The van der Waals surface area contributed by atoms with Crippen molar-refractivity contribution in [2.45, 2.75) is 31.2 Å². The van der Waals surface area contributed by atoms with Crippen LogP contribution in [0.15, 0.2) is 30.3 Å². The van der Waals surface area contributed by atoms with Crippen molar-refractivity contribution in [3.63, 3.8) is 0 Å². The first-order valence-corrected chi connectivity index (χ1v) is 6.75. The highest BCUT2D eigenvalue weighted by Crippen LogP contribution is 2.25. The number of rotatable bonds is 1. The molecule has 4 atom stereocenters. The normalized spacial score (nSPS) is 36.4. The SMILES string of the molecule is CC1CS(=O)C(C)C(c2ccccc2)N1. The van der Waals surface area contributed by atoms with Crippen molar-refractivity contribution in [2.24, 2.45) is 0 Å². The first kappa shape index (κ1) is 10.8. The summed E-state index contributed by atoms with van der Waals surface area (Å²) in [5.41, 5.74) is 1.24. The topological polar surface area (TPSA) is 29.1 Å². The Hall–Kier alpha value is -0.670. The van der Waals surface area contributed by atoms with Gasteiger partial charge in [0.15, 0.2) is 0 Å². The lowest BCUT2D eigenvalue weighted by atomic mass is 10.0. The summed E-state index contributed by atoms with van der Waals surface area (Å²) in [4.78, 5) is 0. The lowest BCUT2D eigenvalue weighted by Gasteiger charge is -2.34. The number of hydrogen-bond acceptors (Lipinski definition) is 2. The second-order valence-corrected chi connectivity index (χ2v) is 6.05. The van der Waals surface area contributed by atoms with Crippen molar-refractivity contribution in [3.05, 3.63) is 35.9 Å². The molecule has 2 nitrogen and oxygen atoms in total. The fraction of sp³-hybridized carbons (Fsp3) is 0.500. The first-order chi connectivity index (χ1) is 7.18. The number of nitrogens with one attached hydrogen (secondary N) is 1. The Labute approximate surface area is 93.5 Å². The molecular formula is C12H17NOS. The first-order valence-electron chi connectivity index (χ1n) is 5.36. The van der Waals surface area contributed by atoms with Crippen LogP contribution in [0.25, 0.3) is 0 Å². The van der Waals surface area contributed by atoms with Crippen LogP contribution in [-0.2, 0) is 10.8 Å². The van der Waals surface area contributed by atoms with E-state index >= 15 is 0 Å². The van der Waals surface area contributed by atoms with Gasteiger partial charge in [0.05, 0.1) is 5.25 Å². The van der Waals surface area contributed by atoms with Crippen molar-refractivity contribution in [2.75, 3.05) is 5.75 Å². The van der Waals surface area contributed by atoms with E-state index in [0.29, 0.717) is 6.04 Å². The van der Waals surface area contributed by atoms with Crippen LogP contribution in [0.2, 0.25) is 0 Å². The van der Waals surface area contributed by atoms with E-state index in [9.17, 15) is 4.21 Å². The van der Waals surface area contributed by atoms with Gasteiger partial charge in [-0.2, -0.15) is 0 Å². The fourth-order valence-electron chi connectivity index (χ4n) is 2.07. The Balaban J connectivity index is 2.24. The van der Waals surface area contributed by atoms with Crippen LogP contribution in [0.4, 0.5) is 0 Å². The summed E-state index contributed by atoms with van der Waals surface area (Å²) in [6, 6.07) is 10.9. The molecule has 1 aromatic rings. The van der Waals surface area contributed by atoms with Crippen molar-refractivity contribution >= 4 is 10.8 Å². The van der Waals surface area contributed by atoms with Gasteiger partial charge in [0.1, 0.15) is 0 Å². The van der Waals surface area contributed by atoms with Crippen molar-refractivity contribution < 1.29 is 4.21 Å². The summed E-state index contributed by atoms with van der Waals surface area (Å²) in [6.07, 6.45) is 0. The minimum absolute atomic E-state index is 0.198. The molecule has 0 spiro atoms. The van der Waals surface area contributed by atoms with E-state index < -0.39 is 10.8 Å². The van der Waals surface area contributed by atoms with E-state index in [2.05, 4.69) is 31.3 Å². The van der Waals surface area contributed by atoms with Crippen molar-refractivity contribution in [1.29, 1.82) is 0 Å². The van der Waals surface area contributed by atoms with Gasteiger partial charge in [-0.05, 0) is 19.4 Å².